The van der Waals surface area contributed by atoms with Gasteiger partial charge in [-0.05, 0) is 65.8 Å². The van der Waals surface area contributed by atoms with Crippen LogP contribution >= 0.6 is 11.8 Å². The summed E-state index contributed by atoms with van der Waals surface area (Å²) >= 11 is 1.55. The van der Waals surface area contributed by atoms with Crippen LogP contribution in [0.25, 0.3) is 23.3 Å². The summed E-state index contributed by atoms with van der Waals surface area (Å²) < 4.78 is 0. The summed E-state index contributed by atoms with van der Waals surface area (Å²) in [6.45, 7) is 1.98. The van der Waals surface area contributed by atoms with Gasteiger partial charge in [-0.2, -0.15) is 11.8 Å². The SMILES string of the molecule is CSCCC(NC(=O)c1ccc(/C=C/c2cnccn2)cc1-c1ccccc1C)C(=O)O.[LiH]. The number of nitrogens with zero attached hydrogens (tertiary/aromatic N) is 2. The first-order valence-electron chi connectivity index (χ1n) is 10.2. The molecular formula is C25H26LiN3O3S. The monoisotopic (exact) mass is 455 g/mol. The van der Waals surface area contributed by atoms with Crippen molar-refractivity contribution in [1.82, 2.24) is 15.3 Å². The van der Waals surface area contributed by atoms with Crippen LogP contribution in [-0.4, -0.2) is 63.9 Å². The molecule has 166 valence electrons. The summed E-state index contributed by atoms with van der Waals surface area (Å²) in [6, 6.07) is 12.4. The maximum absolute atomic E-state index is 13.1. The number of carbonyl (C=O) groups excluding carboxylic acids is 1. The predicted molar refractivity (Wildman–Crippen MR) is 137 cm³/mol. The molecule has 0 radical (unpaired) electrons. The fraction of sp³-hybridized carbons (Fsp3) is 0.200. The van der Waals surface area contributed by atoms with E-state index in [2.05, 4.69) is 15.3 Å². The molecule has 0 fully saturated rings. The molecule has 0 spiro atoms. The number of rotatable bonds is 9. The van der Waals surface area contributed by atoms with Gasteiger partial charge in [0.2, 0.25) is 0 Å². The molecule has 2 N–H and O–H groups in total. The Kier molecular flexibility index (Phi) is 10.4. The molecule has 1 atom stereocenters. The van der Waals surface area contributed by atoms with Gasteiger partial charge in [-0.1, -0.05) is 36.4 Å². The van der Waals surface area contributed by atoms with Crippen LogP contribution in [0.15, 0.2) is 61.1 Å². The van der Waals surface area contributed by atoms with E-state index < -0.39 is 17.9 Å². The summed E-state index contributed by atoms with van der Waals surface area (Å²) in [5.74, 6) is -0.789. The van der Waals surface area contributed by atoms with Gasteiger partial charge in [0.25, 0.3) is 5.91 Å². The van der Waals surface area contributed by atoms with Crippen LogP contribution in [0.4, 0.5) is 0 Å². The number of amides is 1. The predicted octanol–water partition coefficient (Wildman–Crippen LogP) is 3.91. The molecule has 0 bridgehead atoms. The Hall–Kier alpha value is -2.85. The quantitative estimate of drug-likeness (QED) is 0.476. The van der Waals surface area contributed by atoms with Crippen LogP contribution < -0.4 is 5.32 Å². The molecule has 3 aromatic rings. The number of carboxylic acids is 1. The normalized spacial score (nSPS) is 11.6. The van der Waals surface area contributed by atoms with E-state index in [4.69, 9.17) is 0 Å². The number of aryl methyl sites for hydroxylation is 1. The van der Waals surface area contributed by atoms with E-state index in [1.54, 1.807) is 36.4 Å². The molecule has 3 rings (SSSR count). The van der Waals surface area contributed by atoms with E-state index >= 15 is 0 Å². The summed E-state index contributed by atoms with van der Waals surface area (Å²) in [6.07, 6.45) is 10.9. The molecule has 1 amide bonds. The number of nitrogens with one attached hydrogen (secondary N) is 1. The van der Waals surface area contributed by atoms with Gasteiger partial charge in [-0.3, -0.25) is 14.8 Å². The van der Waals surface area contributed by atoms with Gasteiger partial charge in [0, 0.05) is 18.0 Å². The number of hydrogen-bond acceptors (Lipinski definition) is 5. The summed E-state index contributed by atoms with van der Waals surface area (Å²) in [4.78, 5) is 33.0. The van der Waals surface area contributed by atoms with Gasteiger partial charge in [0.05, 0.1) is 11.9 Å². The number of aromatic nitrogens is 2. The van der Waals surface area contributed by atoms with Gasteiger partial charge < -0.3 is 10.4 Å². The van der Waals surface area contributed by atoms with Gasteiger partial charge in [0.15, 0.2) is 0 Å². The van der Waals surface area contributed by atoms with Crippen molar-refractivity contribution in [3.63, 3.8) is 0 Å². The number of aliphatic carboxylic acids is 1. The maximum atomic E-state index is 13.1. The van der Waals surface area contributed by atoms with E-state index in [0.717, 1.165) is 27.9 Å². The standard InChI is InChI=1S/C25H25N3O3S.Li.H/c1-17-5-3-4-6-20(17)22-15-18(7-9-19-16-26-12-13-27-19)8-10-21(22)24(29)28-23(25(30)31)11-14-32-2;;/h3-10,12-13,15-16,23H,11,14H2,1-2H3,(H,28,29)(H,30,31);;/b9-7+;;. The second kappa shape index (κ2) is 13.0. The molecular weight excluding hydrogens is 429 g/mol. The zero-order valence-electron chi connectivity index (χ0n) is 18.0. The molecule has 0 aliphatic rings. The topological polar surface area (TPSA) is 92.2 Å². The first kappa shape index (κ1) is 26.4. The van der Waals surface area contributed by atoms with Crippen molar-refractivity contribution >= 4 is 54.7 Å². The third kappa shape index (κ3) is 7.33. The first-order chi connectivity index (χ1) is 15.5. The van der Waals surface area contributed by atoms with E-state index in [-0.39, 0.29) is 18.9 Å². The van der Waals surface area contributed by atoms with Gasteiger partial charge in [-0.25, -0.2) is 4.79 Å². The van der Waals surface area contributed by atoms with Crippen molar-refractivity contribution in [2.24, 2.45) is 0 Å². The van der Waals surface area contributed by atoms with E-state index in [1.165, 1.54) is 0 Å². The first-order valence-corrected chi connectivity index (χ1v) is 11.6. The summed E-state index contributed by atoms with van der Waals surface area (Å²) in [5, 5.41) is 12.2. The zero-order chi connectivity index (χ0) is 22.9. The molecule has 1 unspecified atom stereocenters. The molecule has 0 aliphatic carbocycles. The Balaban J connectivity index is 0.00000385. The van der Waals surface area contributed by atoms with Crippen molar-refractivity contribution in [3.8, 4) is 11.1 Å². The molecule has 1 heterocycles. The van der Waals surface area contributed by atoms with Crippen LogP contribution in [-0.2, 0) is 4.79 Å². The van der Waals surface area contributed by atoms with Crippen molar-refractivity contribution in [1.29, 1.82) is 0 Å². The summed E-state index contributed by atoms with van der Waals surface area (Å²) in [7, 11) is 0. The Morgan fingerprint density at radius 2 is 1.91 bits per heavy atom. The molecule has 8 heteroatoms. The minimum absolute atomic E-state index is 0. The van der Waals surface area contributed by atoms with E-state index in [1.807, 2.05) is 61.7 Å². The number of carboxylic acid groups (broad SMARTS) is 1. The molecule has 2 aromatic carbocycles. The number of thioether (sulfide) groups is 1. The number of carbonyl (C=O) groups is 2. The third-order valence-corrected chi connectivity index (χ3v) is 5.61. The van der Waals surface area contributed by atoms with Crippen LogP contribution in [0.3, 0.4) is 0 Å². The fourth-order valence-electron chi connectivity index (χ4n) is 3.27. The second-order valence-corrected chi connectivity index (χ2v) is 8.21. The Morgan fingerprint density at radius 1 is 1.12 bits per heavy atom. The molecule has 1 aromatic heterocycles. The van der Waals surface area contributed by atoms with E-state index in [9.17, 15) is 14.7 Å². The Labute approximate surface area is 210 Å². The van der Waals surface area contributed by atoms with Crippen LogP contribution in [0.1, 0.15) is 33.6 Å². The Bertz CT molecular complexity index is 1120. The van der Waals surface area contributed by atoms with E-state index in [0.29, 0.717) is 17.7 Å². The van der Waals surface area contributed by atoms with Crippen molar-refractivity contribution in [2.75, 3.05) is 12.0 Å². The van der Waals surface area contributed by atoms with Crippen LogP contribution in [0, 0.1) is 6.92 Å². The van der Waals surface area contributed by atoms with Crippen LogP contribution in [0.5, 0.6) is 0 Å². The van der Waals surface area contributed by atoms with Crippen molar-refractivity contribution in [2.45, 2.75) is 19.4 Å². The van der Waals surface area contributed by atoms with Gasteiger partial charge in [0.1, 0.15) is 6.04 Å². The fourth-order valence-corrected chi connectivity index (χ4v) is 3.74. The molecule has 0 saturated heterocycles. The molecule has 33 heavy (non-hydrogen) atoms. The average Bonchev–Trinajstić information content (AvgIpc) is 2.81. The van der Waals surface area contributed by atoms with Gasteiger partial charge >= 0.3 is 24.8 Å². The number of benzene rings is 2. The average molecular weight is 456 g/mol. The molecule has 0 aliphatic heterocycles. The third-order valence-electron chi connectivity index (χ3n) is 4.97. The minimum atomic E-state index is -1.03. The Morgan fingerprint density at radius 3 is 2.58 bits per heavy atom. The van der Waals surface area contributed by atoms with Crippen molar-refractivity contribution < 1.29 is 14.7 Å². The molecule has 6 nitrogen and oxygen atoms in total. The zero-order valence-corrected chi connectivity index (χ0v) is 18.8. The summed E-state index contributed by atoms with van der Waals surface area (Å²) in [5.41, 5.74) is 4.74. The second-order valence-electron chi connectivity index (χ2n) is 7.23. The molecule has 0 saturated carbocycles. The number of hydrogen-bond donors (Lipinski definition) is 2. The van der Waals surface area contributed by atoms with Gasteiger partial charge in [-0.15, -0.1) is 0 Å². The van der Waals surface area contributed by atoms with Crippen molar-refractivity contribution in [3.05, 3.63) is 83.4 Å². The van der Waals surface area contributed by atoms with Crippen LogP contribution in [0.2, 0.25) is 0 Å².